The first-order valence-corrected chi connectivity index (χ1v) is 9.18. The molecule has 6 nitrogen and oxygen atoms in total. The molecule has 0 saturated heterocycles. The lowest BCUT2D eigenvalue weighted by molar-refractivity contribution is -0.150. The number of carboxylic acids is 1. The van der Waals surface area contributed by atoms with Gasteiger partial charge >= 0.3 is 5.97 Å². The maximum atomic E-state index is 12.6. The molecule has 1 atom stereocenters. The Morgan fingerprint density at radius 3 is 2.25 bits per heavy atom. The van der Waals surface area contributed by atoms with Gasteiger partial charge in [-0.15, -0.1) is 0 Å². The zero-order valence-corrected chi connectivity index (χ0v) is 16.1. The highest BCUT2D eigenvalue weighted by molar-refractivity contribution is 5.94. The maximum absolute atomic E-state index is 12.6. The van der Waals surface area contributed by atoms with E-state index in [1.165, 1.54) is 18.7 Å². The molecular weight excluding hydrogens is 358 g/mol. The third kappa shape index (κ3) is 6.23. The van der Waals surface area contributed by atoms with Crippen molar-refractivity contribution < 1.29 is 24.2 Å². The SMILES string of the molecule is CC(=O)c1ccc(OCCCC(=O)N(Cc2ccccc2)C(C)C(=O)O)cc1. The van der Waals surface area contributed by atoms with Crippen LogP contribution in [0.3, 0.4) is 0 Å². The number of aliphatic carboxylic acids is 1. The van der Waals surface area contributed by atoms with E-state index >= 15 is 0 Å². The van der Waals surface area contributed by atoms with Gasteiger partial charge in [0.15, 0.2) is 5.78 Å². The molecule has 0 aliphatic carbocycles. The predicted molar refractivity (Wildman–Crippen MR) is 105 cm³/mol. The highest BCUT2D eigenvalue weighted by atomic mass is 16.5. The number of carbonyl (C=O) groups excluding carboxylic acids is 2. The Bertz CT molecular complexity index is 801. The first-order valence-electron chi connectivity index (χ1n) is 9.18. The third-order valence-electron chi connectivity index (χ3n) is 4.41. The second kappa shape index (κ2) is 10.3. The fourth-order valence-corrected chi connectivity index (χ4v) is 2.70. The summed E-state index contributed by atoms with van der Waals surface area (Å²) < 4.78 is 5.60. The minimum absolute atomic E-state index is 0.0109. The molecule has 6 heteroatoms. The number of carboxylic acid groups (broad SMARTS) is 1. The second-order valence-corrected chi connectivity index (χ2v) is 6.55. The van der Waals surface area contributed by atoms with Crippen LogP contribution in [0.5, 0.6) is 5.75 Å². The summed E-state index contributed by atoms with van der Waals surface area (Å²) in [6.07, 6.45) is 0.654. The van der Waals surface area contributed by atoms with Gasteiger partial charge in [-0.2, -0.15) is 0 Å². The lowest BCUT2D eigenvalue weighted by Gasteiger charge is -2.26. The molecule has 2 aromatic carbocycles. The minimum atomic E-state index is -1.04. The lowest BCUT2D eigenvalue weighted by Crippen LogP contribution is -2.42. The van der Waals surface area contributed by atoms with Gasteiger partial charge in [0.1, 0.15) is 11.8 Å². The summed E-state index contributed by atoms with van der Waals surface area (Å²) in [4.78, 5) is 36.6. The number of rotatable bonds is 10. The number of benzene rings is 2. The Balaban J connectivity index is 1.88. The molecule has 0 spiro atoms. The van der Waals surface area contributed by atoms with Gasteiger partial charge in [0.2, 0.25) is 5.91 Å². The summed E-state index contributed by atoms with van der Waals surface area (Å²) in [5.41, 5.74) is 1.49. The van der Waals surface area contributed by atoms with Gasteiger partial charge in [-0.1, -0.05) is 30.3 Å². The highest BCUT2D eigenvalue weighted by Gasteiger charge is 2.25. The van der Waals surface area contributed by atoms with E-state index in [0.29, 0.717) is 24.3 Å². The molecule has 0 heterocycles. The van der Waals surface area contributed by atoms with Crippen LogP contribution in [-0.2, 0) is 16.1 Å². The Morgan fingerprint density at radius 2 is 1.68 bits per heavy atom. The Hall–Kier alpha value is -3.15. The van der Waals surface area contributed by atoms with Crippen molar-refractivity contribution in [1.82, 2.24) is 4.90 Å². The number of amides is 1. The summed E-state index contributed by atoms with van der Waals surface area (Å²) in [5.74, 6) is -0.652. The molecule has 1 N–H and O–H groups in total. The standard InChI is InChI=1S/C22H25NO5/c1-16(22(26)27)23(15-18-7-4-3-5-8-18)21(25)9-6-14-28-20-12-10-19(11-13-20)17(2)24/h3-5,7-8,10-13,16H,6,9,14-15H2,1-2H3,(H,26,27). The molecule has 28 heavy (non-hydrogen) atoms. The van der Waals surface area contributed by atoms with Crippen molar-refractivity contribution in [2.45, 2.75) is 39.3 Å². The van der Waals surface area contributed by atoms with Crippen LogP contribution < -0.4 is 4.74 Å². The summed E-state index contributed by atoms with van der Waals surface area (Å²) in [5, 5.41) is 9.32. The fraction of sp³-hybridized carbons (Fsp3) is 0.318. The highest BCUT2D eigenvalue weighted by Crippen LogP contribution is 2.14. The van der Waals surface area contributed by atoms with E-state index in [-0.39, 0.29) is 24.7 Å². The van der Waals surface area contributed by atoms with Crippen LogP contribution in [0, 0.1) is 0 Å². The average molecular weight is 383 g/mol. The topological polar surface area (TPSA) is 83.9 Å². The molecule has 0 aliphatic rings. The van der Waals surface area contributed by atoms with Gasteiger partial charge in [-0.3, -0.25) is 9.59 Å². The van der Waals surface area contributed by atoms with E-state index in [1.807, 2.05) is 30.3 Å². The van der Waals surface area contributed by atoms with Crippen molar-refractivity contribution >= 4 is 17.7 Å². The smallest absolute Gasteiger partial charge is 0.326 e. The first kappa shape index (κ1) is 21.2. The molecule has 0 fully saturated rings. The quantitative estimate of drug-likeness (QED) is 0.501. The number of ether oxygens (including phenoxy) is 1. The molecule has 1 unspecified atom stereocenters. The van der Waals surface area contributed by atoms with Crippen LogP contribution in [0.15, 0.2) is 54.6 Å². The largest absolute Gasteiger partial charge is 0.494 e. The van der Waals surface area contributed by atoms with Crippen molar-refractivity contribution in [2.75, 3.05) is 6.61 Å². The van der Waals surface area contributed by atoms with Crippen molar-refractivity contribution in [2.24, 2.45) is 0 Å². The summed E-state index contributed by atoms with van der Waals surface area (Å²) in [6.45, 7) is 3.59. The van der Waals surface area contributed by atoms with E-state index in [9.17, 15) is 19.5 Å². The number of carbonyl (C=O) groups is 3. The van der Waals surface area contributed by atoms with Gasteiger partial charge in [-0.05, 0) is 50.1 Å². The molecule has 2 rings (SSSR count). The second-order valence-electron chi connectivity index (χ2n) is 6.55. The van der Waals surface area contributed by atoms with Gasteiger partial charge in [0.25, 0.3) is 0 Å². The number of Topliss-reactive ketones (excluding diaryl/α,β-unsaturated/α-hetero) is 1. The van der Waals surface area contributed by atoms with Crippen LogP contribution in [0.25, 0.3) is 0 Å². The molecular formula is C22H25NO5. The molecule has 2 aromatic rings. The number of hydrogen-bond donors (Lipinski definition) is 1. The number of nitrogens with zero attached hydrogens (tertiary/aromatic N) is 1. The minimum Gasteiger partial charge on any atom is -0.494 e. The van der Waals surface area contributed by atoms with Crippen molar-refractivity contribution in [1.29, 1.82) is 0 Å². The maximum Gasteiger partial charge on any atom is 0.326 e. The monoisotopic (exact) mass is 383 g/mol. The van der Waals surface area contributed by atoms with Gasteiger partial charge in [0.05, 0.1) is 6.61 Å². The average Bonchev–Trinajstić information content (AvgIpc) is 2.69. The number of hydrogen-bond acceptors (Lipinski definition) is 4. The molecule has 0 aliphatic heterocycles. The van der Waals surface area contributed by atoms with Crippen molar-refractivity contribution in [3.05, 3.63) is 65.7 Å². The molecule has 1 amide bonds. The molecule has 0 saturated carbocycles. The van der Waals surface area contributed by atoms with E-state index in [2.05, 4.69) is 0 Å². The normalized spacial score (nSPS) is 11.5. The van der Waals surface area contributed by atoms with Gasteiger partial charge in [-0.25, -0.2) is 4.79 Å². The van der Waals surface area contributed by atoms with E-state index in [0.717, 1.165) is 5.56 Å². The van der Waals surface area contributed by atoms with E-state index < -0.39 is 12.0 Å². The van der Waals surface area contributed by atoms with Crippen LogP contribution in [0.4, 0.5) is 0 Å². The molecule has 0 bridgehead atoms. The molecule has 0 aromatic heterocycles. The zero-order valence-electron chi connectivity index (χ0n) is 16.1. The van der Waals surface area contributed by atoms with Crippen molar-refractivity contribution in [3.63, 3.8) is 0 Å². The van der Waals surface area contributed by atoms with Crippen LogP contribution in [0.2, 0.25) is 0 Å². The van der Waals surface area contributed by atoms with Crippen molar-refractivity contribution in [3.8, 4) is 5.75 Å². The Labute approximate surface area is 164 Å². The van der Waals surface area contributed by atoms with Gasteiger partial charge < -0.3 is 14.7 Å². The Kier molecular flexibility index (Phi) is 7.75. The molecule has 0 radical (unpaired) electrons. The summed E-state index contributed by atoms with van der Waals surface area (Å²) >= 11 is 0. The predicted octanol–water partition coefficient (Wildman–Crippen LogP) is 3.55. The summed E-state index contributed by atoms with van der Waals surface area (Å²) in [7, 11) is 0. The zero-order chi connectivity index (χ0) is 20.5. The van der Waals surface area contributed by atoms with Crippen LogP contribution in [-0.4, -0.2) is 40.3 Å². The lowest BCUT2D eigenvalue weighted by atomic mass is 10.1. The van der Waals surface area contributed by atoms with E-state index in [1.54, 1.807) is 24.3 Å². The number of ketones is 1. The Morgan fingerprint density at radius 1 is 1.04 bits per heavy atom. The first-order chi connectivity index (χ1) is 13.4. The van der Waals surface area contributed by atoms with Crippen LogP contribution in [0.1, 0.15) is 42.6 Å². The van der Waals surface area contributed by atoms with Crippen LogP contribution >= 0.6 is 0 Å². The fourth-order valence-electron chi connectivity index (χ4n) is 2.70. The van der Waals surface area contributed by atoms with E-state index in [4.69, 9.17) is 4.74 Å². The summed E-state index contributed by atoms with van der Waals surface area (Å²) in [6, 6.07) is 15.2. The van der Waals surface area contributed by atoms with Gasteiger partial charge in [0, 0.05) is 18.5 Å². The molecule has 148 valence electrons. The third-order valence-corrected chi connectivity index (χ3v) is 4.41.